The van der Waals surface area contributed by atoms with Gasteiger partial charge in [0.25, 0.3) is 5.91 Å². The monoisotopic (exact) mass is 342 g/mol. The van der Waals surface area contributed by atoms with E-state index in [1.807, 2.05) is 20.8 Å². The van der Waals surface area contributed by atoms with Crippen molar-refractivity contribution in [1.29, 1.82) is 0 Å². The maximum Gasteiger partial charge on any atom is 0.313 e. The molecule has 22 heavy (non-hydrogen) atoms. The predicted octanol–water partition coefficient (Wildman–Crippen LogP) is 3.45. The Bertz CT molecular complexity index is 691. The van der Waals surface area contributed by atoms with Crippen LogP contribution in [0, 0.1) is 10.8 Å². The van der Waals surface area contributed by atoms with Gasteiger partial charge in [-0.2, -0.15) is 0 Å². The van der Waals surface area contributed by atoms with E-state index < -0.39 is 22.3 Å². The summed E-state index contributed by atoms with van der Waals surface area (Å²) in [6.07, 6.45) is 2.50. The first-order valence-electron chi connectivity index (χ1n) is 7.00. The molecule has 2 heterocycles. The average molecular weight is 343 g/mol. The summed E-state index contributed by atoms with van der Waals surface area (Å²) in [5.41, 5.74) is -2.45. The summed E-state index contributed by atoms with van der Waals surface area (Å²) in [5.74, 6) is -0.518. The lowest BCUT2D eigenvalue weighted by atomic mass is 9.66. The van der Waals surface area contributed by atoms with Gasteiger partial charge in [0.2, 0.25) is 0 Å². The number of carbonyl (C=O) groups is 2. The molecule has 0 aromatic carbocycles. The Balaban J connectivity index is 1.94. The molecule has 1 saturated heterocycles. The Kier molecular flexibility index (Phi) is 3.24. The molecule has 2 fully saturated rings. The van der Waals surface area contributed by atoms with E-state index in [0.29, 0.717) is 17.9 Å². The fraction of sp³-hybridized carbons (Fsp3) is 0.533. The second kappa shape index (κ2) is 4.59. The third kappa shape index (κ3) is 1.75. The molecule has 2 bridgehead atoms. The predicted molar refractivity (Wildman–Crippen MR) is 82.8 cm³/mol. The third-order valence-electron chi connectivity index (χ3n) is 5.49. The molecule has 0 unspecified atom stereocenters. The lowest BCUT2D eigenvalue weighted by molar-refractivity contribution is -0.165. The number of pyridine rings is 1. The first-order valence-corrected chi connectivity index (χ1v) is 7.76. The van der Waals surface area contributed by atoms with Crippen molar-refractivity contribution in [2.75, 3.05) is 5.32 Å². The quantitative estimate of drug-likeness (QED) is 0.835. The maximum absolute atomic E-state index is 12.8. The van der Waals surface area contributed by atoms with Gasteiger partial charge in [0.15, 0.2) is 11.4 Å². The number of esters is 1. The lowest BCUT2D eigenvalue weighted by Gasteiger charge is -2.35. The number of fused-ring (bicyclic) bond motifs is 2. The van der Waals surface area contributed by atoms with Gasteiger partial charge in [-0.3, -0.25) is 9.59 Å². The Morgan fingerprint density at radius 3 is 2.50 bits per heavy atom. The molecule has 118 valence electrons. The SMILES string of the molecule is CC1(C)[C@@]2(C)CC[C@]1(C(=O)Nc1ncc(Cl)cc1Cl)OC2=O. The minimum Gasteiger partial charge on any atom is -0.448 e. The van der Waals surface area contributed by atoms with Crippen molar-refractivity contribution in [3.05, 3.63) is 22.3 Å². The van der Waals surface area contributed by atoms with Crippen molar-refractivity contribution >= 4 is 40.9 Å². The second-order valence-corrected chi connectivity index (χ2v) is 7.46. The van der Waals surface area contributed by atoms with E-state index in [0.717, 1.165) is 0 Å². The van der Waals surface area contributed by atoms with Crippen LogP contribution in [0.15, 0.2) is 12.3 Å². The van der Waals surface area contributed by atoms with Gasteiger partial charge in [-0.1, -0.05) is 37.0 Å². The number of hydrogen-bond acceptors (Lipinski definition) is 4. The molecule has 5 nitrogen and oxygen atoms in total. The molecule has 1 aliphatic heterocycles. The fourth-order valence-electron chi connectivity index (χ4n) is 3.46. The molecule has 1 aliphatic carbocycles. The second-order valence-electron chi connectivity index (χ2n) is 6.61. The van der Waals surface area contributed by atoms with Crippen LogP contribution in [0.25, 0.3) is 0 Å². The van der Waals surface area contributed by atoms with Gasteiger partial charge in [-0.25, -0.2) is 4.98 Å². The molecular weight excluding hydrogens is 327 g/mol. The van der Waals surface area contributed by atoms with Crippen molar-refractivity contribution in [1.82, 2.24) is 4.98 Å². The first kappa shape index (κ1) is 15.6. The van der Waals surface area contributed by atoms with E-state index in [1.165, 1.54) is 12.3 Å². The lowest BCUT2D eigenvalue weighted by Crippen LogP contribution is -2.50. The normalized spacial score (nSPS) is 32.0. The Hall–Kier alpha value is -1.33. The van der Waals surface area contributed by atoms with Gasteiger partial charge < -0.3 is 10.1 Å². The Labute approximate surface area is 138 Å². The number of carbonyl (C=O) groups excluding carboxylic acids is 2. The van der Waals surface area contributed by atoms with Gasteiger partial charge >= 0.3 is 5.97 Å². The minimum atomic E-state index is -1.19. The number of aromatic nitrogens is 1. The van der Waals surface area contributed by atoms with E-state index in [9.17, 15) is 9.59 Å². The standard InChI is InChI=1S/C15H16Cl2N2O3/c1-13(2)14(3)4-5-15(13,22-12(14)21)11(20)19-10-9(17)6-8(16)7-18-10/h6-7H,4-5H2,1-3H3,(H,18,19,20)/t14-,15+/m0/s1. The highest BCUT2D eigenvalue weighted by Gasteiger charge is 2.75. The van der Waals surface area contributed by atoms with Crippen molar-refractivity contribution in [3.8, 4) is 0 Å². The van der Waals surface area contributed by atoms with Crippen LogP contribution in [0.5, 0.6) is 0 Å². The van der Waals surface area contributed by atoms with Gasteiger partial charge in [-0.15, -0.1) is 0 Å². The summed E-state index contributed by atoms with van der Waals surface area (Å²) < 4.78 is 5.52. The number of halogens is 2. The number of rotatable bonds is 2. The van der Waals surface area contributed by atoms with Crippen LogP contribution in [-0.4, -0.2) is 22.5 Å². The highest BCUT2D eigenvalue weighted by Crippen LogP contribution is 2.65. The molecule has 1 saturated carbocycles. The highest BCUT2D eigenvalue weighted by atomic mass is 35.5. The zero-order valence-electron chi connectivity index (χ0n) is 12.5. The topological polar surface area (TPSA) is 68.3 Å². The molecular formula is C15H16Cl2N2O3. The summed E-state index contributed by atoms with van der Waals surface area (Å²) in [7, 11) is 0. The molecule has 1 aromatic heterocycles. The van der Waals surface area contributed by atoms with E-state index in [-0.39, 0.29) is 16.8 Å². The fourth-order valence-corrected chi connectivity index (χ4v) is 3.89. The number of amides is 1. The summed E-state index contributed by atoms with van der Waals surface area (Å²) in [4.78, 5) is 29.0. The van der Waals surface area contributed by atoms with Crippen molar-refractivity contribution in [2.24, 2.45) is 10.8 Å². The van der Waals surface area contributed by atoms with Crippen molar-refractivity contribution in [3.63, 3.8) is 0 Å². The van der Waals surface area contributed by atoms with Gasteiger partial charge in [-0.05, 0) is 25.8 Å². The van der Waals surface area contributed by atoms with Crippen LogP contribution in [0.1, 0.15) is 33.6 Å². The van der Waals surface area contributed by atoms with Crippen LogP contribution in [-0.2, 0) is 14.3 Å². The van der Waals surface area contributed by atoms with E-state index in [2.05, 4.69) is 10.3 Å². The smallest absolute Gasteiger partial charge is 0.313 e. The Morgan fingerprint density at radius 2 is 2.00 bits per heavy atom. The van der Waals surface area contributed by atoms with Crippen molar-refractivity contribution < 1.29 is 14.3 Å². The maximum atomic E-state index is 12.8. The number of nitrogens with one attached hydrogen (secondary N) is 1. The molecule has 0 radical (unpaired) electrons. The third-order valence-corrected chi connectivity index (χ3v) is 5.98. The molecule has 3 rings (SSSR count). The number of anilines is 1. The van der Waals surface area contributed by atoms with Gasteiger partial charge in [0.1, 0.15) is 0 Å². The molecule has 0 spiro atoms. The Morgan fingerprint density at radius 1 is 1.32 bits per heavy atom. The number of ether oxygens (including phenoxy) is 1. The number of hydrogen-bond donors (Lipinski definition) is 1. The average Bonchev–Trinajstić information content (AvgIpc) is 2.72. The molecule has 1 N–H and O–H groups in total. The first-order chi connectivity index (χ1) is 10.1. The summed E-state index contributed by atoms with van der Waals surface area (Å²) in [5, 5.41) is 3.29. The van der Waals surface area contributed by atoms with Crippen LogP contribution in [0.2, 0.25) is 10.0 Å². The van der Waals surface area contributed by atoms with Crippen LogP contribution in [0.3, 0.4) is 0 Å². The van der Waals surface area contributed by atoms with Crippen LogP contribution in [0.4, 0.5) is 5.82 Å². The molecule has 1 aromatic rings. The summed E-state index contributed by atoms with van der Waals surface area (Å²) in [6.45, 7) is 5.63. The minimum absolute atomic E-state index is 0.206. The molecule has 2 aliphatic rings. The van der Waals surface area contributed by atoms with Crippen molar-refractivity contribution in [2.45, 2.75) is 39.2 Å². The van der Waals surface area contributed by atoms with Crippen LogP contribution < -0.4 is 5.32 Å². The van der Waals surface area contributed by atoms with Gasteiger partial charge in [0, 0.05) is 11.6 Å². The van der Waals surface area contributed by atoms with Gasteiger partial charge in [0.05, 0.1) is 15.5 Å². The zero-order chi connectivity index (χ0) is 16.3. The largest absolute Gasteiger partial charge is 0.448 e. The van der Waals surface area contributed by atoms with E-state index in [1.54, 1.807) is 0 Å². The van der Waals surface area contributed by atoms with E-state index >= 15 is 0 Å². The highest BCUT2D eigenvalue weighted by molar-refractivity contribution is 6.36. The summed E-state index contributed by atoms with van der Waals surface area (Å²) in [6, 6.07) is 1.49. The van der Waals surface area contributed by atoms with Crippen LogP contribution >= 0.6 is 23.2 Å². The zero-order valence-corrected chi connectivity index (χ0v) is 14.0. The number of nitrogens with zero attached hydrogens (tertiary/aromatic N) is 1. The molecule has 2 atom stereocenters. The summed E-state index contributed by atoms with van der Waals surface area (Å²) >= 11 is 11.8. The molecule has 1 amide bonds. The van der Waals surface area contributed by atoms with E-state index in [4.69, 9.17) is 27.9 Å². The molecule has 7 heteroatoms.